The van der Waals surface area contributed by atoms with E-state index in [0.717, 1.165) is 68.9 Å². The monoisotopic (exact) mass is 457 g/mol. The molecule has 2 aromatic rings. The highest BCUT2D eigenvalue weighted by molar-refractivity contribution is 7.99. The summed E-state index contributed by atoms with van der Waals surface area (Å²) in [6, 6.07) is 10.4. The molecule has 2 aliphatic heterocycles. The Hall–Kier alpha value is -2.06. The molecular formula is C24H35N5O2S. The van der Waals surface area contributed by atoms with Crippen LogP contribution in [-0.2, 0) is 22.5 Å². The number of nitrogens with one attached hydrogen (secondary N) is 1. The number of aromatic nitrogens is 3. The van der Waals surface area contributed by atoms with E-state index in [1.807, 2.05) is 6.07 Å². The SMILES string of the molecule is CC1CCN(c2nnc(SCC(=O)NCCCc3ccccc3)n2CC2CCCO2)CC1. The fraction of sp³-hybridized carbons (Fsp3) is 0.625. The highest BCUT2D eigenvalue weighted by Crippen LogP contribution is 2.28. The fourth-order valence-corrected chi connectivity index (χ4v) is 5.10. The van der Waals surface area contributed by atoms with Crippen LogP contribution in [0.5, 0.6) is 0 Å². The zero-order valence-corrected chi connectivity index (χ0v) is 19.9. The first-order valence-corrected chi connectivity index (χ1v) is 12.9. The molecule has 1 unspecified atom stereocenters. The minimum Gasteiger partial charge on any atom is -0.376 e. The van der Waals surface area contributed by atoms with Crippen LogP contribution >= 0.6 is 11.8 Å². The number of hydrogen-bond acceptors (Lipinski definition) is 6. The van der Waals surface area contributed by atoms with Crippen molar-refractivity contribution in [3.63, 3.8) is 0 Å². The molecule has 0 spiro atoms. The lowest BCUT2D eigenvalue weighted by Crippen LogP contribution is -2.35. The molecule has 8 heteroatoms. The molecule has 0 bridgehead atoms. The Labute approximate surface area is 195 Å². The number of rotatable bonds is 10. The van der Waals surface area contributed by atoms with Gasteiger partial charge in [-0.05, 0) is 50.0 Å². The fourth-order valence-electron chi connectivity index (χ4n) is 4.33. The van der Waals surface area contributed by atoms with Gasteiger partial charge in [0.1, 0.15) is 0 Å². The van der Waals surface area contributed by atoms with Gasteiger partial charge in [-0.3, -0.25) is 9.36 Å². The van der Waals surface area contributed by atoms with Gasteiger partial charge >= 0.3 is 0 Å². The number of aryl methyl sites for hydroxylation is 1. The summed E-state index contributed by atoms with van der Waals surface area (Å²) in [6.45, 7) is 6.61. The summed E-state index contributed by atoms with van der Waals surface area (Å²) in [7, 11) is 0. The van der Waals surface area contributed by atoms with Crippen molar-refractivity contribution >= 4 is 23.6 Å². The first kappa shape index (κ1) is 23.1. The summed E-state index contributed by atoms with van der Waals surface area (Å²) in [4.78, 5) is 14.7. The molecule has 3 heterocycles. The molecular weight excluding hydrogens is 422 g/mol. The molecule has 1 amide bonds. The van der Waals surface area contributed by atoms with Crippen molar-refractivity contribution in [2.24, 2.45) is 5.92 Å². The van der Waals surface area contributed by atoms with E-state index in [9.17, 15) is 4.79 Å². The number of carbonyl (C=O) groups excluding carboxylic acids is 1. The maximum absolute atomic E-state index is 12.4. The second-order valence-corrected chi connectivity index (χ2v) is 9.87. The number of thioether (sulfide) groups is 1. The normalized spacial score (nSPS) is 19.4. The lowest BCUT2D eigenvalue weighted by molar-refractivity contribution is -0.118. The van der Waals surface area contributed by atoms with E-state index >= 15 is 0 Å². The van der Waals surface area contributed by atoms with Crippen molar-refractivity contribution in [1.82, 2.24) is 20.1 Å². The summed E-state index contributed by atoms with van der Waals surface area (Å²) >= 11 is 1.47. The van der Waals surface area contributed by atoms with Crippen LogP contribution in [0.25, 0.3) is 0 Å². The summed E-state index contributed by atoms with van der Waals surface area (Å²) < 4.78 is 8.06. The van der Waals surface area contributed by atoms with Gasteiger partial charge in [0.05, 0.1) is 18.4 Å². The lowest BCUT2D eigenvalue weighted by Gasteiger charge is -2.31. The van der Waals surface area contributed by atoms with Crippen LogP contribution < -0.4 is 10.2 Å². The van der Waals surface area contributed by atoms with Gasteiger partial charge in [-0.15, -0.1) is 10.2 Å². The maximum Gasteiger partial charge on any atom is 0.230 e. The number of amides is 1. The Balaban J connectivity index is 1.30. The molecule has 2 saturated heterocycles. The number of benzene rings is 1. The van der Waals surface area contributed by atoms with Gasteiger partial charge in [0.2, 0.25) is 11.9 Å². The number of carbonyl (C=O) groups is 1. The largest absolute Gasteiger partial charge is 0.376 e. The number of anilines is 1. The molecule has 1 N–H and O–H groups in total. The Bertz CT molecular complexity index is 845. The van der Waals surface area contributed by atoms with E-state index < -0.39 is 0 Å². The van der Waals surface area contributed by atoms with E-state index in [4.69, 9.17) is 4.74 Å². The van der Waals surface area contributed by atoms with Gasteiger partial charge in [-0.1, -0.05) is 49.0 Å². The first-order chi connectivity index (χ1) is 15.7. The molecule has 174 valence electrons. The molecule has 4 rings (SSSR count). The van der Waals surface area contributed by atoms with Crippen molar-refractivity contribution in [3.8, 4) is 0 Å². The summed E-state index contributed by atoms with van der Waals surface area (Å²) in [5, 5.41) is 12.8. The predicted octanol–water partition coefficient (Wildman–Crippen LogP) is 3.53. The van der Waals surface area contributed by atoms with E-state index in [1.54, 1.807) is 0 Å². The van der Waals surface area contributed by atoms with Crippen molar-refractivity contribution in [2.75, 3.05) is 36.9 Å². The molecule has 1 aromatic heterocycles. The van der Waals surface area contributed by atoms with Crippen LogP contribution in [-0.4, -0.2) is 58.8 Å². The molecule has 0 aliphatic carbocycles. The molecule has 0 saturated carbocycles. The van der Waals surface area contributed by atoms with E-state index in [2.05, 4.69) is 56.2 Å². The number of piperidine rings is 1. The van der Waals surface area contributed by atoms with Crippen LogP contribution in [0.2, 0.25) is 0 Å². The highest BCUT2D eigenvalue weighted by atomic mass is 32.2. The quantitative estimate of drug-likeness (QED) is 0.435. The molecule has 1 aromatic carbocycles. The van der Waals surface area contributed by atoms with Gasteiger partial charge < -0.3 is 15.0 Å². The Morgan fingerprint density at radius 3 is 2.75 bits per heavy atom. The standard InChI is InChI=1S/C24H35N5O2S/c1-19-11-14-28(15-12-19)23-26-27-24(29(23)17-21-10-6-16-31-21)32-18-22(30)25-13-5-9-20-7-3-2-4-8-20/h2-4,7-8,19,21H,5-6,9-18H2,1H3,(H,25,30). The summed E-state index contributed by atoms with van der Waals surface area (Å²) in [5.74, 6) is 2.09. The van der Waals surface area contributed by atoms with Gasteiger partial charge in [-0.2, -0.15) is 0 Å². The van der Waals surface area contributed by atoms with Crippen molar-refractivity contribution in [1.29, 1.82) is 0 Å². The first-order valence-electron chi connectivity index (χ1n) is 11.9. The third-order valence-electron chi connectivity index (χ3n) is 6.31. The van der Waals surface area contributed by atoms with Crippen LogP contribution in [0, 0.1) is 5.92 Å². The Kier molecular flexibility index (Phi) is 8.45. The van der Waals surface area contributed by atoms with E-state index in [-0.39, 0.29) is 12.0 Å². The molecule has 7 nitrogen and oxygen atoms in total. The predicted molar refractivity (Wildman–Crippen MR) is 128 cm³/mol. The van der Waals surface area contributed by atoms with E-state index in [0.29, 0.717) is 12.3 Å². The lowest BCUT2D eigenvalue weighted by atomic mass is 10.00. The van der Waals surface area contributed by atoms with Gasteiger partial charge in [0.25, 0.3) is 0 Å². The highest BCUT2D eigenvalue weighted by Gasteiger charge is 2.26. The Morgan fingerprint density at radius 1 is 1.19 bits per heavy atom. The second-order valence-electron chi connectivity index (χ2n) is 8.93. The zero-order valence-electron chi connectivity index (χ0n) is 19.0. The molecule has 32 heavy (non-hydrogen) atoms. The van der Waals surface area contributed by atoms with E-state index in [1.165, 1.54) is 30.2 Å². The third kappa shape index (κ3) is 6.48. The smallest absolute Gasteiger partial charge is 0.230 e. The topological polar surface area (TPSA) is 72.3 Å². The molecule has 0 radical (unpaired) electrons. The van der Waals surface area contributed by atoms with Gasteiger partial charge in [0.15, 0.2) is 5.16 Å². The van der Waals surface area contributed by atoms with Crippen molar-refractivity contribution < 1.29 is 9.53 Å². The van der Waals surface area contributed by atoms with Crippen molar-refractivity contribution in [3.05, 3.63) is 35.9 Å². The van der Waals surface area contributed by atoms with Gasteiger partial charge in [0, 0.05) is 26.2 Å². The van der Waals surface area contributed by atoms with Crippen LogP contribution in [0.1, 0.15) is 44.6 Å². The second kappa shape index (κ2) is 11.7. The maximum atomic E-state index is 12.4. The Morgan fingerprint density at radius 2 is 2.00 bits per heavy atom. The minimum atomic E-state index is 0.0445. The zero-order chi connectivity index (χ0) is 22.2. The molecule has 1 atom stereocenters. The minimum absolute atomic E-state index is 0.0445. The summed E-state index contributed by atoms with van der Waals surface area (Å²) in [6.07, 6.45) is 6.66. The number of hydrogen-bond donors (Lipinski definition) is 1. The molecule has 2 aliphatic rings. The van der Waals surface area contributed by atoms with Gasteiger partial charge in [-0.25, -0.2) is 0 Å². The average Bonchev–Trinajstić information content (AvgIpc) is 3.47. The number of ether oxygens (including phenoxy) is 1. The average molecular weight is 458 g/mol. The third-order valence-corrected chi connectivity index (χ3v) is 7.28. The molecule has 2 fully saturated rings. The van der Waals surface area contributed by atoms with Crippen LogP contribution in [0.4, 0.5) is 5.95 Å². The summed E-state index contributed by atoms with van der Waals surface area (Å²) in [5.41, 5.74) is 1.30. The number of nitrogens with zero attached hydrogens (tertiary/aromatic N) is 4. The van der Waals surface area contributed by atoms with Crippen LogP contribution in [0.15, 0.2) is 35.5 Å². The van der Waals surface area contributed by atoms with Crippen LogP contribution in [0.3, 0.4) is 0 Å². The van der Waals surface area contributed by atoms with Crippen molar-refractivity contribution in [2.45, 2.75) is 63.3 Å².